The zero-order valence-electron chi connectivity index (χ0n) is 12.5. The standard InChI is InChI=1S/C17H14N4O2/c1-23-14-3-4-15-12(7-14)6-13(17(22)21-15)10-20-16-5-2-11(8-18)9-19-16/h2-7,9H,10H2,1H3,(H,19,20)(H,21,22). The first-order chi connectivity index (χ1) is 11.2. The van der Waals surface area contributed by atoms with Gasteiger partial charge in [0.15, 0.2) is 0 Å². The normalized spacial score (nSPS) is 10.3. The zero-order chi connectivity index (χ0) is 16.2. The van der Waals surface area contributed by atoms with Crippen LogP contribution in [0.2, 0.25) is 0 Å². The maximum Gasteiger partial charge on any atom is 0.253 e. The predicted molar refractivity (Wildman–Crippen MR) is 87.4 cm³/mol. The summed E-state index contributed by atoms with van der Waals surface area (Å²) in [5.74, 6) is 1.34. The van der Waals surface area contributed by atoms with E-state index in [1.54, 1.807) is 25.3 Å². The molecule has 2 aromatic heterocycles. The van der Waals surface area contributed by atoms with E-state index in [1.807, 2.05) is 24.3 Å². The first kappa shape index (κ1) is 14.6. The van der Waals surface area contributed by atoms with Crippen molar-refractivity contribution in [2.24, 2.45) is 0 Å². The molecule has 6 nitrogen and oxygen atoms in total. The molecule has 0 amide bonds. The number of methoxy groups -OCH3 is 1. The molecule has 0 unspecified atom stereocenters. The third kappa shape index (κ3) is 3.14. The van der Waals surface area contributed by atoms with Crippen LogP contribution in [0.25, 0.3) is 10.9 Å². The maximum atomic E-state index is 12.1. The summed E-state index contributed by atoms with van der Waals surface area (Å²) < 4.78 is 5.20. The molecule has 3 aromatic rings. The SMILES string of the molecule is COc1ccc2[nH]c(=O)c(CNc3ccc(C#N)cn3)cc2c1. The quantitative estimate of drug-likeness (QED) is 0.772. The summed E-state index contributed by atoms with van der Waals surface area (Å²) in [6.45, 7) is 0.335. The minimum Gasteiger partial charge on any atom is -0.497 e. The van der Waals surface area contributed by atoms with Crippen molar-refractivity contribution in [3.05, 3.63) is 64.1 Å². The maximum absolute atomic E-state index is 12.1. The van der Waals surface area contributed by atoms with Gasteiger partial charge in [-0.15, -0.1) is 0 Å². The number of rotatable bonds is 4. The molecule has 1 aromatic carbocycles. The Kier molecular flexibility index (Phi) is 3.93. The highest BCUT2D eigenvalue weighted by Crippen LogP contribution is 2.19. The number of benzene rings is 1. The molecule has 2 heterocycles. The smallest absolute Gasteiger partial charge is 0.253 e. The first-order valence-electron chi connectivity index (χ1n) is 6.99. The summed E-state index contributed by atoms with van der Waals surface area (Å²) in [4.78, 5) is 19.1. The van der Waals surface area contributed by atoms with E-state index < -0.39 is 0 Å². The number of nitrogens with one attached hydrogen (secondary N) is 2. The van der Waals surface area contributed by atoms with Gasteiger partial charge in [0, 0.05) is 29.2 Å². The van der Waals surface area contributed by atoms with Crippen LogP contribution in [0.5, 0.6) is 5.75 Å². The van der Waals surface area contributed by atoms with Crippen LogP contribution >= 0.6 is 0 Å². The van der Waals surface area contributed by atoms with Crippen LogP contribution in [0.4, 0.5) is 5.82 Å². The molecule has 0 saturated carbocycles. The first-order valence-corrected chi connectivity index (χ1v) is 6.99. The number of nitrogens with zero attached hydrogens (tertiary/aromatic N) is 2. The number of fused-ring (bicyclic) bond motifs is 1. The molecule has 6 heteroatoms. The van der Waals surface area contributed by atoms with E-state index in [0.29, 0.717) is 23.5 Å². The molecule has 0 saturated heterocycles. The van der Waals surface area contributed by atoms with E-state index in [-0.39, 0.29) is 5.56 Å². The molecule has 0 aliphatic carbocycles. The summed E-state index contributed by atoms with van der Waals surface area (Å²) in [5, 5.41) is 12.7. The number of aromatic amines is 1. The van der Waals surface area contributed by atoms with E-state index in [4.69, 9.17) is 10.00 Å². The number of nitriles is 1. The molecule has 0 radical (unpaired) electrons. The van der Waals surface area contributed by atoms with Crippen molar-refractivity contribution in [3.63, 3.8) is 0 Å². The van der Waals surface area contributed by atoms with E-state index in [0.717, 1.165) is 16.7 Å². The Morgan fingerprint density at radius 2 is 2.17 bits per heavy atom. The Morgan fingerprint density at radius 3 is 2.87 bits per heavy atom. The fraction of sp³-hybridized carbons (Fsp3) is 0.118. The zero-order valence-corrected chi connectivity index (χ0v) is 12.5. The molecule has 0 aliphatic rings. The Balaban J connectivity index is 1.85. The van der Waals surface area contributed by atoms with Crippen LogP contribution in [0, 0.1) is 11.3 Å². The van der Waals surface area contributed by atoms with E-state index >= 15 is 0 Å². The van der Waals surface area contributed by atoms with Crippen LogP contribution in [-0.4, -0.2) is 17.1 Å². The van der Waals surface area contributed by atoms with E-state index in [9.17, 15) is 4.79 Å². The number of aromatic nitrogens is 2. The summed E-state index contributed by atoms with van der Waals surface area (Å²) in [7, 11) is 1.60. The van der Waals surface area contributed by atoms with Crippen LogP contribution in [0.3, 0.4) is 0 Å². The predicted octanol–water partition coefficient (Wildman–Crippen LogP) is 2.42. The fourth-order valence-electron chi connectivity index (χ4n) is 2.24. The van der Waals surface area contributed by atoms with Crippen molar-refractivity contribution < 1.29 is 4.74 Å². The molecule has 0 atom stereocenters. The summed E-state index contributed by atoms with van der Waals surface area (Å²) >= 11 is 0. The summed E-state index contributed by atoms with van der Waals surface area (Å²) in [6.07, 6.45) is 1.48. The highest BCUT2D eigenvalue weighted by Gasteiger charge is 2.05. The topological polar surface area (TPSA) is 90.8 Å². The van der Waals surface area contributed by atoms with Gasteiger partial charge in [0.05, 0.1) is 12.7 Å². The Bertz CT molecular complexity index is 939. The molecule has 114 valence electrons. The summed E-state index contributed by atoms with van der Waals surface area (Å²) in [6, 6.07) is 12.7. The van der Waals surface area contributed by atoms with E-state index in [1.165, 1.54) is 6.20 Å². The molecule has 0 spiro atoms. The van der Waals surface area contributed by atoms with Crippen molar-refractivity contribution in [1.82, 2.24) is 9.97 Å². The van der Waals surface area contributed by atoms with Crippen LogP contribution in [0.15, 0.2) is 47.4 Å². The number of pyridine rings is 2. The Hall–Kier alpha value is -3.33. The number of hydrogen-bond donors (Lipinski definition) is 2. The van der Waals surface area contributed by atoms with Crippen molar-refractivity contribution in [3.8, 4) is 11.8 Å². The van der Waals surface area contributed by atoms with Gasteiger partial charge in [-0.3, -0.25) is 4.79 Å². The molecule has 23 heavy (non-hydrogen) atoms. The van der Waals surface area contributed by atoms with Crippen LogP contribution < -0.4 is 15.6 Å². The third-order valence-electron chi connectivity index (χ3n) is 3.48. The lowest BCUT2D eigenvalue weighted by Crippen LogP contribution is -2.16. The molecular weight excluding hydrogens is 292 g/mol. The van der Waals surface area contributed by atoms with Gasteiger partial charge in [-0.05, 0) is 36.4 Å². The second-order valence-corrected chi connectivity index (χ2v) is 4.97. The van der Waals surface area contributed by atoms with Crippen LogP contribution in [0.1, 0.15) is 11.1 Å². The number of anilines is 1. The minimum atomic E-state index is -0.149. The summed E-state index contributed by atoms with van der Waals surface area (Å²) in [5.41, 5.74) is 1.70. The number of H-pyrrole nitrogens is 1. The lowest BCUT2D eigenvalue weighted by Gasteiger charge is -2.07. The van der Waals surface area contributed by atoms with Gasteiger partial charge >= 0.3 is 0 Å². The van der Waals surface area contributed by atoms with Gasteiger partial charge in [-0.2, -0.15) is 5.26 Å². The van der Waals surface area contributed by atoms with Gasteiger partial charge in [0.2, 0.25) is 0 Å². The fourth-order valence-corrected chi connectivity index (χ4v) is 2.24. The van der Waals surface area contributed by atoms with Crippen molar-refractivity contribution in [1.29, 1.82) is 5.26 Å². The molecule has 0 aliphatic heterocycles. The number of hydrogen-bond acceptors (Lipinski definition) is 5. The second kappa shape index (κ2) is 6.20. The van der Waals surface area contributed by atoms with Gasteiger partial charge < -0.3 is 15.0 Å². The third-order valence-corrected chi connectivity index (χ3v) is 3.48. The monoisotopic (exact) mass is 306 g/mol. The van der Waals surface area contributed by atoms with Crippen molar-refractivity contribution in [2.75, 3.05) is 12.4 Å². The lowest BCUT2D eigenvalue weighted by atomic mass is 10.1. The molecule has 3 rings (SSSR count). The van der Waals surface area contributed by atoms with Crippen molar-refractivity contribution >= 4 is 16.7 Å². The molecule has 0 fully saturated rings. The Morgan fingerprint density at radius 1 is 1.30 bits per heavy atom. The van der Waals surface area contributed by atoms with Gasteiger partial charge in [-0.1, -0.05) is 0 Å². The Labute approximate surface area is 132 Å². The van der Waals surface area contributed by atoms with E-state index in [2.05, 4.69) is 15.3 Å². The lowest BCUT2D eigenvalue weighted by molar-refractivity contribution is 0.415. The van der Waals surface area contributed by atoms with Gasteiger partial charge in [0.1, 0.15) is 17.6 Å². The minimum absolute atomic E-state index is 0.149. The highest BCUT2D eigenvalue weighted by atomic mass is 16.5. The largest absolute Gasteiger partial charge is 0.497 e. The van der Waals surface area contributed by atoms with Crippen molar-refractivity contribution in [2.45, 2.75) is 6.54 Å². The van der Waals surface area contributed by atoms with Gasteiger partial charge in [-0.25, -0.2) is 4.98 Å². The molecule has 2 N–H and O–H groups in total. The molecule has 0 bridgehead atoms. The number of ether oxygens (including phenoxy) is 1. The van der Waals surface area contributed by atoms with Gasteiger partial charge in [0.25, 0.3) is 5.56 Å². The highest BCUT2D eigenvalue weighted by molar-refractivity contribution is 5.80. The molecular formula is C17H14N4O2. The average Bonchev–Trinajstić information content (AvgIpc) is 2.60. The van der Waals surface area contributed by atoms with Crippen LogP contribution in [-0.2, 0) is 6.54 Å². The average molecular weight is 306 g/mol. The second-order valence-electron chi connectivity index (χ2n) is 4.97.